The molecule has 0 aromatic heterocycles. The molecule has 0 aliphatic carbocycles. The summed E-state index contributed by atoms with van der Waals surface area (Å²) in [5.74, 6) is 0.719. The van der Waals surface area contributed by atoms with Gasteiger partial charge in [-0.3, -0.25) is 4.90 Å². The Kier molecular flexibility index (Phi) is 7.25. The number of nitrogens with one attached hydrogen (secondary N) is 1. The van der Waals surface area contributed by atoms with Crippen molar-refractivity contribution in [3.05, 3.63) is 35.4 Å². The molecule has 1 fully saturated rings. The summed E-state index contributed by atoms with van der Waals surface area (Å²) in [5.41, 5.74) is 2.86. The molecule has 2 heteroatoms. The van der Waals surface area contributed by atoms with E-state index in [0.29, 0.717) is 0 Å². The zero-order valence-corrected chi connectivity index (χ0v) is 13.9. The lowest BCUT2D eigenvalue weighted by molar-refractivity contribution is 0.240. The van der Waals surface area contributed by atoms with Crippen molar-refractivity contribution >= 4 is 0 Å². The maximum absolute atomic E-state index is 3.51. The first-order valence-electron chi connectivity index (χ1n) is 8.75. The topological polar surface area (TPSA) is 15.3 Å². The van der Waals surface area contributed by atoms with E-state index in [0.717, 1.165) is 25.6 Å². The molecule has 2 rings (SSSR count). The first-order chi connectivity index (χ1) is 10.2. The predicted molar refractivity (Wildman–Crippen MR) is 91.3 cm³/mol. The minimum Gasteiger partial charge on any atom is -0.312 e. The average Bonchev–Trinajstić information content (AvgIpc) is 2.43. The number of nitrogens with zero attached hydrogens (tertiary/aromatic N) is 1. The van der Waals surface area contributed by atoms with Crippen LogP contribution in [0.1, 0.15) is 57.1 Å². The Morgan fingerprint density at radius 1 is 0.905 bits per heavy atom. The zero-order chi connectivity index (χ0) is 14.9. The van der Waals surface area contributed by atoms with Gasteiger partial charge in [0.2, 0.25) is 0 Å². The molecule has 0 bridgehead atoms. The summed E-state index contributed by atoms with van der Waals surface area (Å²) in [6.07, 6.45) is 7.01. The summed E-state index contributed by atoms with van der Waals surface area (Å²) in [5, 5.41) is 3.51. The van der Waals surface area contributed by atoms with Gasteiger partial charge in [0.25, 0.3) is 0 Å². The first kappa shape index (κ1) is 16.5. The van der Waals surface area contributed by atoms with Crippen LogP contribution in [0.25, 0.3) is 0 Å². The Morgan fingerprint density at radius 3 is 2.10 bits per heavy atom. The molecule has 1 aliphatic heterocycles. The van der Waals surface area contributed by atoms with Crippen LogP contribution >= 0.6 is 0 Å². The van der Waals surface area contributed by atoms with Gasteiger partial charge in [0.15, 0.2) is 0 Å². The molecule has 1 aromatic rings. The van der Waals surface area contributed by atoms with Crippen LogP contribution in [-0.4, -0.2) is 24.5 Å². The normalized spacial score (nSPS) is 17.7. The molecular weight excluding hydrogens is 256 g/mol. The first-order valence-corrected chi connectivity index (χ1v) is 8.75. The lowest BCUT2D eigenvalue weighted by atomic mass is 10.1. The molecule has 118 valence electrons. The third kappa shape index (κ3) is 6.62. The molecule has 0 radical (unpaired) electrons. The van der Waals surface area contributed by atoms with E-state index in [-0.39, 0.29) is 0 Å². The number of rotatable bonds is 6. The van der Waals surface area contributed by atoms with Crippen LogP contribution in [0.2, 0.25) is 0 Å². The molecule has 2 nitrogen and oxygen atoms in total. The second-order valence-electron chi connectivity index (χ2n) is 6.89. The minimum atomic E-state index is 0.719. The van der Waals surface area contributed by atoms with Gasteiger partial charge in [0.1, 0.15) is 0 Å². The van der Waals surface area contributed by atoms with E-state index in [1.165, 1.54) is 56.3 Å². The van der Waals surface area contributed by atoms with E-state index >= 15 is 0 Å². The highest BCUT2D eigenvalue weighted by atomic mass is 15.1. The van der Waals surface area contributed by atoms with Gasteiger partial charge in [-0.2, -0.15) is 0 Å². The van der Waals surface area contributed by atoms with Crippen molar-refractivity contribution in [3.8, 4) is 0 Å². The number of benzene rings is 1. The second kappa shape index (κ2) is 9.22. The van der Waals surface area contributed by atoms with Crippen molar-refractivity contribution in [2.24, 2.45) is 5.92 Å². The van der Waals surface area contributed by atoms with Crippen LogP contribution < -0.4 is 5.32 Å². The minimum absolute atomic E-state index is 0.719. The van der Waals surface area contributed by atoms with E-state index in [4.69, 9.17) is 0 Å². The summed E-state index contributed by atoms with van der Waals surface area (Å²) in [6, 6.07) is 9.19. The van der Waals surface area contributed by atoms with Gasteiger partial charge < -0.3 is 5.32 Å². The molecule has 1 N–H and O–H groups in total. The van der Waals surface area contributed by atoms with Gasteiger partial charge in [-0.15, -0.1) is 0 Å². The zero-order valence-electron chi connectivity index (χ0n) is 13.9. The highest BCUT2D eigenvalue weighted by molar-refractivity contribution is 5.22. The Bertz CT molecular complexity index is 375. The molecule has 1 aliphatic rings. The fourth-order valence-electron chi connectivity index (χ4n) is 3.00. The molecule has 1 saturated heterocycles. The summed E-state index contributed by atoms with van der Waals surface area (Å²) < 4.78 is 0. The maximum Gasteiger partial charge on any atom is 0.0233 e. The third-order valence-corrected chi connectivity index (χ3v) is 4.26. The highest BCUT2D eigenvalue weighted by Gasteiger charge is 2.08. The second-order valence-corrected chi connectivity index (χ2v) is 6.89. The van der Waals surface area contributed by atoms with Crippen LogP contribution in [0, 0.1) is 5.92 Å². The Hall–Kier alpha value is -0.860. The van der Waals surface area contributed by atoms with Crippen molar-refractivity contribution < 1.29 is 0 Å². The van der Waals surface area contributed by atoms with E-state index in [9.17, 15) is 0 Å². The standard InChI is InChI=1S/C19H32N2/c1-17(2)14-20-15-18-8-10-19(11-9-18)16-21-12-6-4-3-5-7-13-21/h8-11,17,20H,3-7,12-16H2,1-2H3. The average molecular weight is 288 g/mol. The van der Waals surface area contributed by atoms with Gasteiger partial charge in [0.05, 0.1) is 0 Å². The van der Waals surface area contributed by atoms with E-state index < -0.39 is 0 Å². The van der Waals surface area contributed by atoms with Crippen molar-refractivity contribution in [3.63, 3.8) is 0 Å². The molecule has 0 atom stereocenters. The molecular formula is C19H32N2. The van der Waals surface area contributed by atoms with Crippen LogP contribution in [0.3, 0.4) is 0 Å². The fraction of sp³-hybridized carbons (Fsp3) is 0.684. The van der Waals surface area contributed by atoms with Gasteiger partial charge in [0, 0.05) is 13.1 Å². The fourth-order valence-corrected chi connectivity index (χ4v) is 3.00. The van der Waals surface area contributed by atoms with E-state index in [1.54, 1.807) is 0 Å². The van der Waals surface area contributed by atoms with Crippen molar-refractivity contribution in [1.82, 2.24) is 10.2 Å². The number of hydrogen-bond acceptors (Lipinski definition) is 2. The summed E-state index contributed by atoms with van der Waals surface area (Å²) >= 11 is 0. The van der Waals surface area contributed by atoms with E-state index in [1.807, 2.05) is 0 Å². The molecule has 21 heavy (non-hydrogen) atoms. The monoisotopic (exact) mass is 288 g/mol. The molecule has 1 aromatic carbocycles. The van der Waals surface area contributed by atoms with Gasteiger partial charge in [-0.1, -0.05) is 57.4 Å². The van der Waals surface area contributed by atoms with Crippen molar-refractivity contribution in [2.45, 2.75) is 59.0 Å². The largest absolute Gasteiger partial charge is 0.312 e. The Morgan fingerprint density at radius 2 is 1.48 bits per heavy atom. The molecule has 0 amide bonds. The Balaban J connectivity index is 1.78. The quantitative estimate of drug-likeness (QED) is 0.844. The van der Waals surface area contributed by atoms with Crippen LogP contribution in [-0.2, 0) is 13.1 Å². The van der Waals surface area contributed by atoms with E-state index in [2.05, 4.69) is 48.3 Å². The lowest BCUT2D eigenvalue weighted by Gasteiger charge is -2.24. The smallest absolute Gasteiger partial charge is 0.0233 e. The Labute approximate surface area is 130 Å². The van der Waals surface area contributed by atoms with Gasteiger partial charge >= 0.3 is 0 Å². The van der Waals surface area contributed by atoms with Crippen LogP contribution in [0.4, 0.5) is 0 Å². The predicted octanol–water partition coefficient (Wildman–Crippen LogP) is 4.20. The SMILES string of the molecule is CC(C)CNCc1ccc(CN2CCCCCCC2)cc1. The van der Waals surface area contributed by atoms with Crippen molar-refractivity contribution in [2.75, 3.05) is 19.6 Å². The van der Waals surface area contributed by atoms with Crippen LogP contribution in [0.15, 0.2) is 24.3 Å². The lowest BCUT2D eigenvalue weighted by Crippen LogP contribution is -2.26. The highest BCUT2D eigenvalue weighted by Crippen LogP contribution is 2.14. The van der Waals surface area contributed by atoms with Gasteiger partial charge in [-0.05, 0) is 49.5 Å². The molecule has 0 saturated carbocycles. The van der Waals surface area contributed by atoms with Crippen molar-refractivity contribution in [1.29, 1.82) is 0 Å². The molecule has 0 spiro atoms. The van der Waals surface area contributed by atoms with Crippen LogP contribution in [0.5, 0.6) is 0 Å². The molecule has 1 heterocycles. The maximum atomic E-state index is 3.51. The summed E-state index contributed by atoms with van der Waals surface area (Å²) in [4.78, 5) is 2.63. The number of likely N-dealkylation sites (tertiary alicyclic amines) is 1. The molecule has 0 unspecified atom stereocenters. The summed E-state index contributed by atoms with van der Waals surface area (Å²) in [6.45, 7) is 10.3. The number of hydrogen-bond donors (Lipinski definition) is 1. The van der Waals surface area contributed by atoms with Gasteiger partial charge in [-0.25, -0.2) is 0 Å². The summed E-state index contributed by atoms with van der Waals surface area (Å²) in [7, 11) is 0. The third-order valence-electron chi connectivity index (χ3n) is 4.26.